The Morgan fingerprint density at radius 3 is 2.80 bits per heavy atom. The number of aliphatic carboxylic acids is 1. The van der Waals surface area contributed by atoms with Crippen LogP contribution in [0.4, 0.5) is 0 Å². The Labute approximate surface area is 88.3 Å². The van der Waals surface area contributed by atoms with Gasteiger partial charge in [-0.2, -0.15) is 0 Å². The number of carboxylic acids is 1. The van der Waals surface area contributed by atoms with Crippen LogP contribution >= 0.6 is 0 Å². The maximum absolute atomic E-state index is 10.5. The number of aromatic nitrogens is 1. The zero-order valence-electron chi connectivity index (χ0n) is 8.82. The van der Waals surface area contributed by atoms with E-state index >= 15 is 0 Å². The lowest BCUT2D eigenvalue weighted by molar-refractivity contribution is -0.136. The summed E-state index contributed by atoms with van der Waals surface area (Å²) in [5.74, 6) is 0.836. The fourth-order valence-corrected chi connectivity index (χ4v) is 1.87. The van der Waals surface area contributed by atoms with E-state index in [1.807, 2.05) is 6.92 Å². The van der Waals surface area contributed by atoms with Crippen LogP contribution in [0.15, 0.2) is 4.42 Å². The first-order chi connectivity index (χ1) is 7.20. The number of hydrogen-bond acceptors (Lipinski definition) is 3. The highest BCUT2D eigenvalue weighted by molar-refractivity contribution is 5.68. The first-order valence-corrected chi connectivity index (χ1v) is 5.41. The molecule has 1 aliphatic rings. The van der Waals surface area contributed by atoms with Gasteiger partial charge in [-0.15, -0.1) is 0 Å². The number of carboxylic acid groups (broad SMARTS) is 1. The van der Waals surface area contributed by atoms with Gasteiger partial charge in [0.1, 0.15) is 12.2 Å². The molecule has 1 N–H and O–H groups in total. The topological polar surface area (TPSA) is 63.3 Å². The number of oxazole rings is 1. The van der Waals surface area contributed by atoms with E-state index in [9.17, 15) is 4.79 Å². The summed E-state index contributed by atoms with van der Waals surface area (Å²) in [6, 6.07) is 0. The maximum Gasteiger partial charge on any atom is 0.312 e. The van der Waals surface area contributed by atoms with Crippen LogP contribution in [0.3, 0.4) is 0 Å². The van der Waals surface area contributed by atoms with Gasteiger partial charge in [0.25, 0.3) is 0 Å². The average molecular weight is 209 g/mol. The SMILES string of the molecule is CCc1oc(CC(=O)O)nc1C1CCC1. The van der Waals surface area contributed by atoms with Crippen LogP contribution < -0.4 is 0 Å². The van der Waals surface area contributed by atoms with Gasteiger partial charge < -0.3 is 9.52 Å². The summed E-state index contributed by atoms with van der Waals surface area (Å²) in [7, 11) is 0. The molecule has 0 saturated heterocycles. The molecule has 0 spiro atoms. The maximum atomic E-state index is 10.5. The van der Waals surface area contributed by atoms with Crippen LogP contribution in [0, 0.1) is 0 Å². The molecule has 0 aliphatic heterocycles. The summed E-state index contributed by atoms with van der Waals surface area (Å²) in [4.78, 5) is 14.8. The van der Waals surface area contributed by atoms with Crippen molar-refractivity contribution in [2.75, 3.05) is 0 Å². The van der Waals surface area contributed by atoms with Crippen molar-refractivity contribution in [2.24, 2.45) is 0 Å². The van der Waals surface area contributed by atoms with Crippen molar-refractivity contribution >= 4 is 5.97 Å². The Morgan fingerprint density at radius 2 is 2.33 bits per heavy atom. The number of nitrogens with zero attached hydrogens (tertiary/aromatic N) is 1. The summed E-state index contributed by atoms with van der Waals surface area (Å²) >= 11 is 0. The van der Waals surface area contributed by atoms with Gasteiger partial charge in [0.05, 0.1) is 5.69 Å². The molecule has 1 aliphatic carbocycles. The number of hydrogen-bond donors (Lipinski definition) is 1. The van der Waals surface area contributed by atoms with Crippen LogP contribution in [0.2, 0.25) is 0 Å². The van der Waals surface area contributed by atoms with Crippen molar-refractivity contribution in [3.8, 4) is 0 Å². The molecule has 1 fully saturated rings. The molecule has 0 amide bonds. The Balaban J connectivity index is 2.20. The molecule has 0 radical (unpaired) electrons. The van der Waals surface area contributed by atoms with E-state index in [1.54, 1.807) is 0 Å². The highest BCUT2D eigenvalue weighted by Gasteiger charge is 2.26. The number of aryl methyl sites for hydroxylation is 1. The minimum Gasteiger partial charge on any atom is -0.481 e. The van der Waals surface area contributed by atoms with Crippen molar-refractivity contribution in [2.45, 2.75) is 44.9 Å². The molecule has 1 heterocycles. The van der Waals surface area contributed by atoms with E-state index in [0.29, 0.717) is 11.8 Å². The normalized spacial score (nSPS) is 16.3. The van der Waals surface area contributed by atoms with Crippen LogP contribution in [-0.4, -0.2) is 16.1 Å². The van der Waals surface area contributed by atoms with Gasteiger partial charge in [-0.3, -0.25) is 4.79 Å². The number of rotatable bonds is 4. The molecule has 1 aromatic heterocycles. The van der Waals surface area contributed by atoms with Gasteiger partial charge in [0, 0.05) is 12.3 Å². The van der Waals surface area contributed by atoms with Crippen molar-refractivity contribution in [1.29, 1.82) is 0 Å². The quantitative estimate of drug-likeness (QED) is 0.825. The van der Waals surface area contributed by atoms with E-state index in [-0.39, 0.29) is 6.42 Å². The number of carbonyl (C=O) groups is 1. The monoisotopic (exact) mass is 209 g/mol. The molecule has 1 saturated carbocycles. The summed E-state index contributed by atoms with van der Waals surface area (Å²) in [6.07, 6.45) is 4.24. The van der Waals surface area contributed by atoms with Gasteiger partial charge in [-0.1, -0.05) is 13.3 Å². The van der Waals surface area contributed by atoms with Crippen molar-refractivity contribution in [1.82, 2.24) is 4.98 Å². The zero-order valence-corrected chi connectivity index (χ0v) is 8.82. The van der Waals surface area contributed by atoms with Crippen LogP contribution in [0.1, 0.15) is 49.4 Å². The smallest absolute Gasteiger partial charge is 0.312 e. The van der Waals surface area contributed by atoms with E-state index in [2.05, 4.69) is 4.98 Å². The van der Waals surface area contributed by atoms with E-state index < -0.39 is 5.97 Å². The minimum atomic E-state index is -0.890. The van der Waals surface area contributed by atoms with Crippen molar-refractivity contribution in [3.05, 3.63) is 17.3 Å². The lowest BCUT2D eigenvalue weighted by atomic mass is 9.82. The van der Waals surface area contributed by atoms with E-state index in [1.165, 1.54) is 6.42 Å². The molecule has 15 heavy (non-hydrogen) atoms. The van der Waals surface area contributed by atoms with E-state index in [4.69, 9.17) is 9.52 Å². The summed E-state index contributed by atoms with van der Waals surface area (Å²) in [5.41, 5.74) is 1.00. The lowest BCUT2D eigenvalue weighted by Crippen LogP contribution is -2.11. The zero-order chi connectivity index (χ0) is 10.8. The van der Waals surface area contributed by atoms with Crippen molar-refractivity contribution < 1.29 is 14.3 Å². The summed E-state index contributed by atoms with van der Waals surface area (Å²) in [5, 5.41) is 8.65. The molecule has 4 heteroatoms. The molecular weight excluding hydrogens is 194 g/mol. The molecule has 2 rings (SSSR count). The Morgan fingerprint density at radius 1 is 1.60 bits per heavy atom. The fourth-order valence-electron chi connectivity index (χ4n) is 1.87. The molecule has 82 valence electrons. The summed E-state index contributed by atoms with van der Waals surface area (Å²) in [6.45, 7) is 2.01. The van der Waals surface area contributed by atoms with Crippen LogP contribution in [0.25, 0.3) is 0 Å². The molecule has 0 unspecified atom stereocenters. The predicted octanol–water partition coefficient (Wildman–Crippen LogP) is 2.13. The van der Waals surface area contributed by atoms with Gasteiger partial charge in [0.15, 0.2) is 0 Å². The standard InChI is InChI=1S/C11H15NO3/c1-2-8-11(7-4-3-5-7)12-9(15-8)6-10(13)14/h7H,2-6H2,1H3,(H,13,14). The van der Waals surface area contributed by atoms with Gasteiger partial charge >= 0.3 is 5.97 Å². The molecule has 4 nitrogen and oxygen atoms in total. The minimum absolute atomic E-state index is 0.111. The van der Waals surface area contributed by atoms with Gasteiger partial charge in [-0.05, 0) is 12.8 Å². The van der Waals surface area contributed by atoms with Crippen LogP contribution in [0.5, 0.6) is 0 Å². The highest BCUT2D eigenvalue weighted by Crippen LogP contribution is 2.37. The van der Waals surface area contributed by atoms with Gasteiger partial charge in [-0.25, -0.2) is 4.98 Å². The average Bonchev–Trinajstić information content (AvgIpc) is 2.43. The molecule has 0 bridgehead atoms. The molecular formula is C11H15NO3. The second-order valence-electron chi connectivity index (χ2n) is 3.97. The third-order valence-corrected chi connectivity index (χ3v) is 2.89. The third kappa shape index (κ3) is 2.03. The molecule has 0 atom stereocenters. The third-order valence-electron chi connectivity index (χ3n) is 2.89. The predicted molar refractivity (Wildman–Crippen MR) is 53.8 cm³/mol. The highest BCUT2D eigenvalue weighted by atomic mass is 16.4. The Hall–Kier alpha value is -1.32. The van der Waals surface area contributed by atoms with E-state index in [0.717, 1.165) is 30.7 Å². The summed E-state index contributed by atoms with van der Waals surface area (Å²) < 4.78 is 5.44. The molecule has 0 aromatic carbocycles. The molecule has 1 aromatic rings. The first-order valence-electron chi connectivity index (χ1n) is 5.41. The van der Waals surface area contributed by atoms with Crippen LogP contribution in [-0.2, 0) is 17.6 Å². The fraction of sp³-hybridized carbons (Fsp3) is 0.636. The Bertz CT molecular complexity index is 366. The second kappa shape index (κ2) is 4.04. The second-order valence-corrected chi connectivity index (χ2v) is 3.97. The van der Waals surface area contributed by atoms with Gasteiger partial charge in [0.2, 0.25) is 5.89 Å². The Kier molecular flexibility index (Phi) is 2.75. The lowest BCUT2D eigenvalue weighted by Gasteiger charge is -2.23. The van der Waals surface area contributed by atoms with Crippen molar-refractivity contribution in [3.63, 3.8) is 0 Å². The first kappa shape index (κ1) is 10.2. The largest absolute Gasteiger partial charge is 0.481 e.